The van der Waals surface area contributed by atoms with Gasteiger partial charge in [-0.25, -0.2) is 0 Å². The number of hydrogen-bond donors (Lipinski definition) is 0. The fraction of sp³-hybridized carbons (Fsp3) is 1.00. The lowest BCUT2D eigenvalue weighted by molar-refractivity contribution is 0.142. The van der Waals surface area contributed by atoms with Crippen LogP contribution >= 0.6 is 0 Å². The summed E-state index contributed by atoms with van der Waals surface area (Å²) in [6.07, 6.45) is 0.324. The molecule has 6 nitrogen and oxygen atoms in total. The molecule has 0 spiro atoms. The zero-order chi connectivity index (χ0) is 11.1. The van der Waals surface area contributed by atoms with Crippen LogP contribution in [0.3, 0.4) is 0 Å². The molecule has 2 saturated heterocycles. The van der Waals surface area contributed by atoms with Gasteiger partial charge in [-0.3, -0.25) is 8.37 Å². The first kappa shape index (κ1) is 11.3. The highest BCUT2D eigenvalue weighted by molar-refractivity contribution is 7.87. The monoisotopic (exact) mass is 256 g/mol. The standard InChI is InChI=1S/C7H12O6S2/c8-14(9)3-1-6(12-14)5-7-2-4-15(10,11)13-7/h6-7H,1-5H2. The Balaban J connectivity index is 1.90. The third-order valence-electron chi connectivity index (χ3n) is 2.47. The molecule has 15 heavy (non-hydrogen) atoms. The van der Waals surface area contributed by atoms with Crippen LogP contribution in [0.1, 0.15) is 19.3 Å². The summed E-state index contributed by atoms with van der Waals surface area (Å²) in [6.45, 7) is 0. The lowest BCUT2D eigenvalue weighted by Gasteiger charge is -2.11. The van der Waals surface area contributed by atoms with Crippen molar-refractivity contribution in [2.45, 2.75) is 31.5 Å². The predicted octanol–water partition coefficient (Wildman–Crippen LogP) is -0.386. The summed E-state index contributed by atoms with van der Waals surface area (Å²) >= 11 is 0. The van der Waals surface area contributed by atoms with Crippen LogP contribution in [-0.2, 0) is 28.6 Å². The molecule has 88 valence electrons. The Morgan fingerprint density at radius 3 is 1.53 bits per heavy atom. The average molecular weight is 256 g/mol. The van der Waals surface area contributed by atoms with E-state index >= 15 is 0 Å². The second-order valence-corrected chi connectivity index (χ2v) is 7.21. The van der Waals surface area contributed by atoms with E-state index in [1.165, 1.54) is 0 Å². The van der Waals surface area contributed by atoms with E-state index in [-0.39, 0.29) is 11.5 Å². The summed E-state index contributed by atoms with van der Waals surface area (Å²) < 4.78 is 53.4. The van der Waals surface area contributed by atoms with Crippen molar-refractivity contribution in [2.75, 3.05) is 11.5 Å². The van der Waals surface area contributed by atoms with Crippen molar-refractivity contribution in [1.29, 1.82) is 0 Å². The Labute approximate surface area is 88.8 Å². The van der Waals surface area contributed by atoms with Gasteiger partial charge >= 0.3 is 0 Å². The molecule has 0 amide bonds. The molecule has 2 unspecified atom stereocenters. The molecule has 0 aliphatic carbocycles. The quantitative estimate of drug-likeness (QED) is 0.626. The highest BCUT2D eigenvalue weighted by Crippen LogP contribution is 2.26. The van der Waals surface area contributed by atoms with E-state index in [4.69, 9.17) is 8.37 Å². The second-order valence-electron chi connectivity index (χ2n) is 3.77. The molecule has 0 radical (unpaired) electrons. The van der Waals surface area contributed by atoms with Gasteiger partial charge in [0, 0.05) is 6.42 Å². The van der Waals surface area contributed by atoms with Gasteiger partial charge < -0.3 is 0 Å². The van der Waals surface area contributed by atoms with E-state index in [1.807, 2.05) is 0 Å². The summed E-state index contributed by atoms with van der Waals surface area (Å²) in [5.41, 5.74) is 0. The summed E-state index contributed by atoms with van der Waals surface area (Å²) in [5.74, 6) is 0.0221. The highest BCUT2D eigenvalue weighted by Gasteiger charge is 2.35. The summed E-state index contributed by atoms with van der Waals surface area (Å²) in [5, 5.41) is 0. The van der Waals surface area contributed by atoms with Crippen molar-refractivity contribution in [2.24, 2.45) is 0 Å². The summed E-state index contributed by atoms with van der Waals surface area (Å²) in [4.78, 5) is 0. The maximum Gasteiger partial charge on any atom is 0.267 e. The molecule has 0 bridgehead atoms. The van der Waals surface area contributed by atoms with Gasteiger partial charge in [0.15, 0.2) is 0 Å². The van der Waals surface area contributed by atoms with Gasteiger partial charge in [0.25, 0.3) is 20.2 Å². The Kier molecular flexibility index (Phi) is 2.78. The van der Waals surface area contributed by atoms with E-state index in [1.54, 1.807) is 0 Å². The van der Waals surface area contributed by atoms with Crippen molar-refractivity contribution in [3.05, 3.63) is 0 Å². The number of rotatable bonds is 2. The van der Waals surface area contributed by atoms with Crippen molar-refractivity contribution in [1.82, 2.24) is 0 Å². The molecular weight excluding hydrogens is 244 g/mol. The van der Waals surface area contributed by atoms with Gasteiger partial charge in [0.1, 0.15) is 0 Å². The summed E-state index contributed by atoms with van der Waals surface area (Å²) in [6, 6.07) is 0. The molecule has 2 aliphatic heterocycles. The molecule has 0 N–H and O–H groups in total. The first-order valence-electron chi connectivity index (χ1n) is 4.68. The van der Waals surface area contributed by atoms with Crippen molar-refractivity contribution in [3.63, 3.8) is 0 Å². The molecule has 2 aliphatic rings. The summed E-state index contributed by atoms with van der Waals surface area (Å²) in [7, 11) is -6.74. The zero-order valence-corrected chi connectivity index (χ0v) is 9.59. The van der Waals surface area contributed by atoms with E-state index < -0.39 is 32.4 Å². The molecule has 2 heterocycles. The Morgan fingerprint density at radius 1 is 0.867 bits per heavy atom. The molecule has 2 atom stereocenters. The van der Waals surface area contributed by atoms with Crippen LogP contribution < -0.4 is 0 Å². The molecule has 0 aromatic heterocycles. The van der Waals surface area contributed by atoms with Crippen molar-refractivity contribution >= 4 is 20.2 Å². The third kappa shape index (κ3) is 2.90. The van der Waals surface area contributed by atoms with Gasteiger partial charge in [0.2, 0.25) is 0 Å². The van der Waals surface area contributed by atoms with E-state index in [0.29, 0.717) is 19.3 Å². The van der Waals surface area contributed by atoms with Crippen LogP contribution in [0.4, 0.5) is 0 Å². The normalized spacial score (nSPS) is 38.1. The molecular formula is C7H12O6S2. The molecule has 0 aromatic rings. The molecule has 0 aromatic carbocycles. The minimum atomic E-state index is -3.37. The van der Waals surface area contributed by atoms with Crippen LogP contribution in [-0.4, -0.2) is 40.5 Å². The Bertz CT molecular complexity index is 394. The van der Waals surface area contributed by atoms with Gasteiger partial charge in [-0.1, -0.05) is 0 Å². The maximum absolute atomic E-state index is 11.0. The van der Waals surface area contributed by atoms with Crippen LogP contribution in [0.5, 0.6) is 0 Å². The number of hydrogen-bond acceptors (Lipinski definition) is 6. The van der Waals surface area contributed by atoms with Crippen LogP contribution in [0, 0.1) is 0 Å². The predicted molar refractivity (Wildman–Crippen MR) is 51.2 cm³/mol. The second kappa shape index (κ2) is 3.69. The fourth-order valence-electron chi connectivity index (χ4n) is 1.77. The SMILES string of the molecule is O=S1(=O)CCC(CC2CCS(=O)(=O)O2)O1. The van der Waals surface area contributed by atoms with Crippen molar-refractivity contribution < 1.29 is 25.2 Å². The van der Waals surface area contributed by atoms with Gasteiger partial charge in [-0.05, 0) is 12.8 Å². The lowest BCUT2D eigenvalue weighted by atomic mass is 10.1. The highest BCUT2D eigenvalue weighted by atomic mass is 32.2. The third-order valence-corrected chi connectivity index (χ3v) is 5.07. The minimum absolute atomic E-state index is 0.0110. The van der Waals surface area contributed by atoms with E-state index in [0.717, 1.165) is 0 Å². The zero-order valence-electron chi connectivity index (χ0n) is 7.96. The Hall–Kier alpha value is -0.180. The van der Waals surface area contributed by atoms with E-state index in [9.17, 15) is 16.8 Å². The minimum Gasteiger partial charge on any atom is -0.267 e. The van der Waals surface area contributed by atoms with Crippen LogP contribution in [0.2, 0.25) is 0 Å². The van der Waals surface area contributed by atoms with Crippen LogP contribution in [0.25, 0.3) is 0 Å². The Morgan fingerprint density at radius 2 is 1.27 bits per heavy atom. The average Bonchev–Trinajstić information content (AvgIpc) is 2.56. The van der Waals surface area contributed by atoms with E-state index in [2.05, 4.69) is 0 Å². The molecule has 0 saturated carbocycles. The molecule has 2 fully saturated rings. The smallest absolute Gasteiger partial charge is 0.267 e. The van der Waals surface area contributed by atoms with Gasteiger partial charge in [-0.15, -0.1) is 0 Å². The first-order chi connectivity index (χ1) is 6.86. The largest absolute Gasteiger partial charge is 0.267 e. The first-order valence-corrected chi connectivity index (χ1v) is 7.84. The lowest BCUT2D eigenvalue weighted by Crippen LogP contribution is -2.17. The maximum atomic E-state index is 11.0. The molecule has 2 rings (SSSR count). The van der Waals surface area contributed by atoms with Crippen molar-refractivity contribution in [3.8, 4) is 0 Å². The topological polar surface area (TPSA) is 86.7 Å². The van der Waals surface area contributed by atoms with Gasteiger partial charge in [-0.2, -0.15) is 16.8 Å². The van der Waals surface area contributed by atoms with Gasteiger partial charge in [0.05, 0.1) is 23.7 Å². The fourth-order valence-corrected chi connectivity index (χ4v) is 4.24. The van der Waals surface area contributed by atoms with Crippen LogP contribution in [0.15, 0.2) is 0 Å². The molecule has 8 heteroatoms.